The smallest absolute Gasteiger partial charge is 0.333 e. The largest absolute Gasteiger partial charge is 0.489 e. The van der Waals surface area contributed by atoms with Gasteiger partial charge in [0.1, 0.15) is 36.9 Å². The Morgan fingerprint density at radius 2 is 1.32 bits per heavy atom. The van der Waals surface area contributed by atoms with Gasteiger partial charge in [-0.2, -0.15) is 0 Å². The Kier molecular flexibility index (Phi) is 8.49. The molecule has 2 aromatic rings. The van der Waals surface area contributed by atoms with Gasteiger partial charge in [0.2, 0.25) is 0 Å². The summed E-state index contributed by atoms with van der Waals surface area (Å²) >= 11 is 0. The topological polar surface area (TPSA) is 71.1 Å². The van der Waals surface area contributed by atoms with Crippen LogP contribution in [-0.2, 0) is 19.1 Å². The molecule has 0 amide bonds. The third-order valence-corrected chi connectivity index (χ3v) is 7.68. The van der Waals surface area contributed by atoms with Crippen molar-refractivity contribution < 1.29 is 28.5 Å². The first-order chi connectivity index (χ1) is 18.1. The minimum absolute atomic E-state index is 0.275. The summed E-state index contributed by atoms with van der Waals surface area (Å²) in [6.45, 7) is 17.3. The van der Waals surface area contributed by atoms with Crippen LogP contribution in [0.25, 0.3) is 10.8 Å². The van der Waals surface area contributed by atoms with Gasteiger partial charge in [-0.05, 0) is 70.8 Å². The molecular weight excluding hydrogens is 480 g/mol. The fourth-order valence-electron chi connectivity index (χ4n) is 5.53. The predicted molar refractivity (Wildman–Crippen MR) is 149 cm³/mol. The molecule has 4 atom stereocenters. The quantitative estimate of drug-likeness (QED) is 0.220. The maximum Gasteiger partial charge on any atom is 0.333 e. The molecule has 0 heterocycles. The second-order valence-electron chi connectivity index (χ2n) is 10.8. The molecule has 6 nitrogen and oxygen atoms in total. The first kappa shape index (κ1) is 27.7. The van der Waals surface area contributed by atoms with E-state index < -0.39 is 11.9 Å². The SMILES string of the molecule is C=C(C)C(=O)OC(CC)COc1c2c(c(OCC(CC)OC(=O)C(=C)C)c3cc(C)ccc13)C1CCC2C1. The molecule has 2 aromatic carbocycles. The zero-order valence-electron chi connectivity index (χ0n) is 23.4. The summed E-state index contributed by atoms with van der Waals surface area (Å²) in [4.78, 5) is 24.3. The van der Waals surface area contributed by atoms with Crippen LogP contribution in [0.15, 0.2) is 42.5 Å². The third kappa shape index (κ3) is 5.59. The maximum absolute atomic E-state index is 12.1. The highest BCUT2D eigenvalue weighted by Gasteiger charge is 2.43. The molecule has 0 N–H and O–H groups in total. The van der Waals surface area contributed by atoms with E-state index in [0.717, 1.165) is 47.1 Å². The molecule has 2 aliphatic rings. The molecule has 0 spiro atoms. The fourth-order valence-corrected chi connectivity index (χ4v) is 5.53. The number of carbonyl (C=O) groups excluding carboxylic acids is 2. The van der Waals surface area contributed by atoms with Gasteiger partial charge < -0.3 is 18.9 Å². The summed E-state index contributed by atoms with van der Waals surface area (Å²) in [7, 11) is 0. The van der Waals surface area contributed by atoms with Crippen molar-refractivity contribution in [3.8, 4) is 11.5 Å². The van der Waals surface area contributed by atoms with E-state index in [9.17, 15) is 9.59 Å². The second-order valence-corrected chi connectivity index (χ2v) is 10.8. The van der Waals surface area contributed by atoms with Gasteiger partial charge in [-0.15, -0.1) is 0 Å². The van der Waals surface area contributed by atoms with Crippen LogP contribution in [0, 0.1) is 6.92 Å². The Morgan fingerprint density at radius 3 is 1.76 bits per heavy atom. The number of aryl methyl sites for hydroxylation is 1. The minimum Gasteiger partial charge on any atom is -0.489 e. The zero-order valence-corrected chi connectivity index (χ0v) is 23.4. The van der Waals surface area contributed by atoms with Crippen molar-refractivity contribution in [1.82, 2.24) is 0 Å². The van der Waals surface area contributed by atoms with E-state index in [2.05, 4.69) is 38.3 Å². The molecule has 2 bridgehead atoms. The summed E-state index contributed by atoms with van der Waals surface area (Å²) in [5.41, 5.74) is 4.33. The van der Waals surface area contributed by atoms with Crippen molar-refractivity contribution in [3.63, 3.8) is 0 Å². The lowest BCUT2D eigenvalue weighted by Gasteiger charge is -2.27. The molecule has 0 aromatic heterocycles. The van der Waals surface area contributed by atoms with Crippen LogP contribution in [0.3, 0.4) is 0 Å². The highest BCUT2D eigenvalue weighted by atomic mass is 16.6. The van der Waals surface area contributed by atoms with Crippen LogP contribution in [0.1, 0.15) is 88.3 Å². The number of hydrogen-bond donors (Lipinski definition) is 0. The van der Waals surface area contributed by atoms with E-state index in [0.29, 0.717) is 35.8 Å². The Labute approximate surface area is 226 Å². The number of benzene rings is 2. The number of fused-ring (bicyclic) bond motifs is 6. The van der Waals surface area contributed by atoms with E-state index in [4.69, 9.17) is 18.9 Å². The van der Waals surface area contributed by atoms with Crippen molar-refractivity contribution >= 4 is 22.7 Å². The maximum atomic E-state index is 12.1. The van der Waals surface area contributed by atoms with Gasteiger partial charge in [-0.1, -0.05) is 44.7 Å². The number of ether oxygens (including phenoxy) is 4. The number of rotatable bonds is 12. The average Bonchev–Trinajstić information content (AvgIpc) is 3.51. The van der Waals surface area contributed by atoms with E-state index in [1.54, 1.807) is 13.8 Å². The lowest BCUT2D eigenvalue weighted by atomic mass is 9.86. The summed E-state index contributed by atoms with van der Waals surface area (Å²) in [6.07, 6.45) is 3.90. The van der Waals surface area contributed by atoms with Crippen molar-refractivity contribution in [1.29, 1.82) is 0 Å². The molecule has 4 unspecified atom stereocenters. The molecular formula is C32H40O6. The van der Waals surface area contributed by atoms with Gasteiger partial charge in [0.25, 0.3) is 0 Å². The molecule has 6 heteroatoms. The third-order valence-electron chi connectivity index (χ3n) is 7.68. The van der Waals surface area contributed by atoms with Gasteiger partial charge >= 0.3 is 11.9 Å². The summed E-state index contributed by atoms with van der Waals surface area (Å²) in [5, 5.41) is 1.99. The van der Waals surface area contributed by atoms with Crippen LogP contribution in [0.5, 0.6) is 11.5 Å². The molecule has 204 valence electrons. The highest BCUT2D eigenvalue weighted by Crippen LogP contribution is 2.61. The van der Waals surface area contributed by atoms with E-state index >= 15 is 0 Å². The molecule has 1 saturated carbocycles. The molecule has 0 saturated heterocycles. The summed E-state index contributed by atoms with van der Waals surface area (Å²) in [5.74, 6) is 1.79. The zero-order chi connectivity index (χ0) is 27.6. The van der Waals surface area contributed by atoms with Gasteiger partial charge in [-0.3, -0.25) is 0 Å². The van der Waals surface area contributed by atoms with Gasteiger partial charge in [0.15, 0.2) is 0 Å². The van der Waals surface area contributed by atoms with E-state index in [1.807, 2.05) is 13.8 Å². The Bertz CT molecular complexity index is 1260. The normalized spacial score (nSPS) is 19.0. The Morgan fingerprint density at radius 1 is 0.842 bits per heavy atom. The van der Waals surface area contributed by atoms with Crippen LogP contribution in [-0.4, -0.2) is 37.4 Å². The van der Waals surface area contributed by atoms with Crippen molar-refractivity contribution in [2.45, 2.75) is 90.8 Å². The molecule has 0 aliphatic heterocycles. The first-order valence-corrected chi connectivity index (χ1v) is 13.7. The molecule has 1 fully saturated rings. The Balaban J connectivity index is 1.71. The van der Waals surface area contributed by atoms with Gasteiger partial charge in [0, 0.05) is 33.0 Å². The molecule has 2 aliphatic carbocycles. The van der Waals surface area contributed by atoms with Crippen LogP contribution in [0.4, 0.5) is 0 Å². The minimum atomic E-state index is -0.396. The first-order valence-electron chi connectivity index (χ1n) is 13.7. The Hall–Kier alpha value is -3.28. The number of hydrogen-bond acceptors (Lipinski definition) is 6. The lowest BCUT2D eigenvalue weighted by molar-refractivity contribution is -0.146. The van der Waals surface area contributed by atoms with Crippen LogP contribution < -0.4 is 9.47 Å². The number of carbonyl (C=O) groups is 2. The van der Waals surface area contributed by atoms with E-state index in [-0.39, 0.29) is 25.4 Å². The highest BCUT2D eigenvalue weighted by molar-refractivity contribution is 5.97. The lowest BCUT2D eigenvalue weighted by Crippen LogP contribution is -2.26. The van der Waals surface area contributed by atoms with E-state index in [1.165, 1.54) is 11.1 Å². The van der Waals surface area contributed by atoms with Crippen molar-refractivity contribution in [2.24, 2.45) is 0 Å². The van der Waals surface area contributed by atoms with Crippen LogP contribution in [0.2, 0.25) is 0 Å². The molecule has 4 rings (SSSR count). The monoisotopic (exact) mass is 520 g/mol. The molecule has 0 radical (unpaired) electrons. The summed E-state index contributed by atoms with van der Waals surface area (Å²) in [6, 6.07) is 6.32. The van der Waals surface area contributed by atoms with Crippen LogP contribution >= 0.6 is 0 Å². The van der Waals surface area contributed by atoms with Gasteiger partial charge in [-0.25, -0.2) is 9.59 Å². The van der Waals surface area contributed by atoms with Crippen molar-refractivity contribution in [2.75, 3.05) is 13.2 Å². The van der Waals surface area contributed by atoms with Gasteiger partial charge in [0.05, 0.1) is 0 Å². The second kappa shape index (κ2) is 11.6. The van der Waals surface area contributed by atoms with Crippen molar-refractivity contribution in [3.05, 3.63) is 59.2 Å². The number of esters is 2. The average molecular weight is 521 g/mol. The molecule has 38 heavy (non-hydrogen) atoms. The summed E-state index contributed by atoms with van der Waals surface area (Å²) < 4.78 is 24.3. The standard InChI is InChI=1S/C32H40O6/c1-8-23(37-31(33)18(3)4)16-35-29-25-13-10-20(7)14-26(25)30(28-22-12-11-21(15-22)27(28)29)36-17-24(9-2)38-32(34)19(5)6/h10,13-14,21-24H,3,5,8-9,11-12,15-17H2,1-2,4,6-7H3. The fraction of sp³-hybridized carbons (Fsp3) is 0.500. The predicted octanol–water partition coefficient (Wildman–Crippen LogP) is 7.07.